The van der Waals surface area contributed by atoms with Gasteiger partial charge in [-0.05, 0) is 52.0 Å². The van der Waals surface area contributed by atoms with Crippen LogP contribution < -0.4 is 14.2 Å². The lowest BCUT2D eigenvalue weighted by atomic mass is 9.97. The molecule has 170 valence electrons. The number of rotatable bonds is 6. The van der Waals surface area contributed by atoms with E-state index in [0.29, 0.717) is 33.4 Å². The summed E-state index contributed by atoms with van der Waals surface area (Å²) >= 11 is 5.50. The Morgan fingerprint density at radius 1 is 0.853 bits per heavy atom. The van der Waals surface area contributed by atoms with Gasteiger partial charge in [-0.15, -0.1) is 0 Å². The first kappa shape index (κ1) is 21.7. The van der Waals surface area contributed by atoms with Crippen LogP contribution in [0.2, 0.25) is 0 Å². The number of aromatic nitrogens is 3. The van der Waals surface area contributed by atoms with Crippen molar-refractivity contribution in [3.8, 4) is 28.6 Å². The second-order valence-electron chi connectivity index (χ2n) is 7.56. The van der Waals surface area contributed by atoms with E-state index in [9.17, 15) is 0 Å². The maximum Gasteiger partial charge on any atom is 0.216 e. The third kappa shape index (κ3) is 3.68. The van der Waals surface area contributed by atoms with Crippen molar-refractivity contribution < 1.29 is 14.2 Å². The van der Waals surface area contributed by atoms with Gasteiger partial charge >= 0.3 is 0 Å². The Balaban J connectivity index is 1.68. The zero-order valence-corrected chi connectivity index (χ0v) is 19.7. The zero-order chi connectivity index (χ0) is 23.7. The third-order valence-electron chi connectivity index (χ3n) is 5.69. The van der Waals surface area contributed by atoms with E-state index in [2.05, 4.69) is 40.5 Å². The van der Waals surface area contributed by atoms with Crippen LogP contribution >= 0.6 is 12.2 Å². The number of nitrogens with one attached hydrogen (secondary N) is 1. The fourth-order valence-corrected chi connectivity index (χ4v) is 4.28. The number of benzene rings is 4. The van der Waals surface area contributed by atoms with E-state index in [0.717, 1.165) is 27.1 Å². The molecule has 7 nitrogen and oxygen atoms in total. The number of nitrogens with zero attached hydrogens (tertiary/aromatic N) is 3. The lowest BCUT2D eigenvalue weighted by Crippen LogP contribution is -1.99. The van der Waals surface area contributed by atoms with Gasteiger partial charge in [0.05, 0.1) is 27.5 Å². The Bertz CT molecular complexity index is 1520. The van der Waals surface area contributed by atoms with E-state index in [1.807, 2.05) is 42.6 Å². The van der Waals surface area contributed by atoms with Gasteiger partial charge in [0.25, 0.3) is 0 Å². The van der Waals surface area contributed by atoms with Crippen LogP contribution in [0.1, 0.15) is 5.56 Å². The number of hydrogen-bond acceptors (Lipinski definition) is 6. The Morgan fingerprint density at radius 3 is 2.00 bits per heavy atom. The van der Waals surface area contributed by atoms with E-state index in [1.54, 1.807) is 26.0 Å². The number of methoxy groups -OCH3 is 3. The van der Waals surface area contributed by atoms with Crippen LogP contribution in [0.5, 0.6) is 17.2 Å². The zero-order valence-electron chi connectivity index (χ0n) is 18.9. The van der Waals surface area contributed by atoms with Crippen LogP contribution in [0.3, 0.4) is 0 Å². The normalized spacial score (nSPS) is 11.4. The summed E-state index contributed by atoms with van der Waals surface area (Å²) in [5.41, 5.74) is 1.72. The summed E-state index contributed by atoms with van der Waals surface area (Å²) in [4.78, 5) is 0. The van der Waals surface area contributed by atoms with Crippen molar-refractivity contribution in [2.75, 3.05) is 21.3 Å². The summed E-state index contributed by atoms with van der Waals surface area (Å²) in [6.45, 7) is 0. The highest BCUT2D eigenvalue weighted by molar-refractivity contribution is 7.71. The van der Waals surface area contributed by atoms with Crippen LogP contribution in [0.15, 0.2) is 71.8 Å². The molecule has 0 aliphatic rings. The Labute approximate surface area is 201 Å². The molecule has 0 atom stereocenters. The smallest absolute Gasteiger partial charge is 0.216 e. The molecule has 0 unspecified atom stereocenters. The summed E-state index contributed by atoms with van der Waals surface area (Å²) in [6.07, 6.45) is 1.83. The number of fused-ring (bicyclic) bond motifs is 2. The van der Waals surface area contributed by atoms with E-state index in [-0.39, 0.29) is 0 Å². The average molecular weight is 471 g/mol. The van der Waals surface area contributed by atoms with E-state index in [4.69, 9.17) is 31.5 Å². The Kier molecular flexibility index (Phi) is 5.73. The monoisotopic (exact) mass is 470 g/mol. The minimum atomic E-state index is 0.365. The van der Waals surface area contributed by atoms with Gasteiger partial charge in [-0.25, -0.2) is 5.10 Å². The molecule has 0 amide bonds. The summed E-state index contributed by atoms with van der Waals surface area (Å²) in [5, 5.41) is 16.5. The maximum atomic E-state index is 5.50. The lowest BCUT2D eigenvalue weighted by Gasteiger charge is -2.13. The van der Waals surface area contributed by atoms with Crippen molar-refractivity contribution >= 4 is 40.0 Å². The summed E-state index contributed by atoms with van der Waals surface area (Å²) in [7, 11) is 4.71. The molecule has 0 saturated carbocycles. The largest absolute Gasteiger partial charge is 0.493 e. The number of ether oxygens (including phenoxy) is 3. The molecule has 0 spiro atoms. The van der Waals surface area contributed by atoms with Crippen molar-refractivity contribution in [1.29, 1.82) is 0 Å². The topological polar surface area (TPSA) is 73.7 Å². The summed E-state index contributed by atoms with van der Waals surface area (Å²) < 4.78 is 18.4. The molecule has 4 aromatic carbocycles. The van der Waals surface area contributed by atoms with Crippen molar-refractivity contribution in [1.82, 2.24) is 14.9 Å². The molecule has 0 radical (unpaired) electrons. The average Bonchev–Trinajstić information content (AvgIpc) is 3.25. The second-order valence-corrected chi connectivity index (χ2v) is 7.94. The second kappa shape index (κ2) is 8.99. The first-order chi connectivity index (χ1) is 16.6. The SMILES string of the molecule is COc1cc(-c2n[nH]c(=S)n2N=Cc2c3ccccc3cc3ccccc23)cc(OC)c1OC. The van der Waals surface area contributed by atoms with Gasteiger partial charge in [-0.3, -0.25) is 0 Å². The highest BCUT2D eigenvalue weighted by atomic mass is 32.1. The standard InChI is InChI=1S/C26H22N4O3S/c1-31-22-13-18(14-23(32-2)24(22)33-3)25-28-29-26(34)30(25)27-15-21-19-10-6-4-8-16(19)12-17-9-5-7-11-20(17)21/h4-15H,1-3H3,(H,29,34). The van der Waals surface area contributed by atoms with Crippen molar-refractivity contribution in [3.63, 3.8) is 0 Å². The van der Waals surface area contributed by atoms with Crippen LogP contribution in [0.25, 0.3) is 32.9 Å². The molecule has 5 aromatic rings. The van der Waals surface area contributed by atoms with Gasteiger partial charge in [0.1, 0.15) is 0 Å². The summed E-state index contributed by atoms with van der Waals surface area (Å²) in [5.74, 6) is 2.05. The molecular formula is C26H22N4O3S. The van der Waals surface area contributed by atoms with Gasteiger partial charge in [0.2, 0.25) is 10.5 Å². The molecule has 8 heteroatoms. The fourth-order valence-electron chi connectivity index (χ4n) is 4.10. The molecule has 0 saturated heterocycles. The first-order valence-electron chi connectivity index (χ1n) is 10.6. The maximum absolute atomic E-state index is 5.50. The molecular weight excluding hydrogens is 448 g/mol. The first-order valence-corrected chi connectivity index (χ1v) is 11.0. The van der Waals surface area contributed by atoms with Crippen molar-refractivity contribution in [2.24, 2.45) is 5.10 Å². The molecule has 34 heavy (non-hydrogen) atoms. The van der Waals surface area contributed by atoms with Crippen molar-refractivity contribution in [3.05, 3.63) is 77.1 Å². The molecule has 1 N–H and O–H groups in total. The van der Waals surface area contributed by atoms with Gasteiger partial charge in [0.15, 0.2) is 17.3 Å². The van der Waals surface area contributed by atoms with Crippen LogP contribution in [0.4, 0.5) is 0 Å². The van der Waals surface area contributed by atoms with E-state index in [1.165, 1.54) is 0 Å². The quantitative estimate of drug-likeness (QED) is 0.192. The Hall–Kier alpha value is -4.17. The van der Waals surface area contributed by atoms with E-state index >= 15 is 0 Å². The predicted octanol–water partition coefficient (Wildman–Crippen LogP) is 5.82. The number of hydrogen-bond donors (Lipinski definition) is 1. The lowest BCUT2D eigenvalue weighted by molar-refractivity contribution is 0.324. The van der Waals surface area contributed by atoms with Gasteiger partial charge in [0, 0.05) is 11.1 Å². The highest BCUT2D eigenvalue weighted by Gasteiger charge is 2.17. The van der Waals surface area contributed by atoms with Gasteiger partial charge in [-0.2, -0.15) is 14.9 Å². The molecule has 0 aliphatic heterocycles. The number of H-pyrrole nitrogens is 1. The fraction of sp³-hybridized carbons (Fsp3) is 0.115. The number of aromatic amines is 1. The van der Waals surface area contributed by atoms with Gasteiger partial charge < -0.3 is 14.2 Å². The van der Waals surface area contributed by atoms with E-state index < -0.39 is 0 Å². The predicted molar refractivity (Wildman–Crippen MR) is 137 cm³/mol. The molecule has 1 aromatic heterocycles. The van der Waals surface area contributed by atoms with Crippen LogP contribution in [-0.4, -0.2) is 42.4 Å². The summed E-state index contributed by atoms with van der Waals surface area (Å²) in [6, 6.07) is 22.3. The van der Waals surface area contributed by atoms with Crippen LogP contribution in [0, 0.1) is 4.77 Å². The van der Waals surface area contributed by atoms with Crippen molar-refractivity contribution in [2.45, 2.75) is 0 Å². The highest BCUT2D eigenvalue weighted by Crippen LogP contribution is 2.40. The molecule has 0 aliphatic carbocycles. The minimum Gasteiger partial charge on any atom is -0.493 e. The molecule has 0 bridgehead atoms. The minimum absolute atomic E-state index is 0.365. The molecule has 1 heterocycles. The van der Waals surface area contributed by atoms with Crippen LogP contribution in [-0.2, 0) is 0 Å². The third-order valence-corrected chi connectivity index (χ3v) is 5.95. The molecule has 0 fully saturated rings. The Morgan fingerprint density at radius 2 is 1.44 bits per heavy atom. The van der Waals surface area contributed by atoms with Gasteiger partial charge in [-0.1, -0.05) is 48.5 Å². The molecule has 5 rings (SSSR count).